The van der Waals surface area contributed by atoms with Gasteiger partial charge in [0, 0.05) is 6.54 Å². The van der Waals surface area contributed by atoms with E-state index in [4.69, 9.17) is 0 Å². The Kier molecular flexibility index (Phi) is 4.39. The number of hydrogen-bond donors (Lipinski definition) is 2. The lowest BCUT2D eigenvalue weighted by molar-refractivity contribution is -0.121. The van der Waals surface area contributed by atoms with Gasteiger partial charge in [-0.25, -0.2) is 4.98 Å². The first-order valence-corrected chi connectivity index (χ1v) is 6.89. The zero-order valence-corrected chi connectivity index (χ0v) is 12.1. The zero-order valence-electron chi connectivity index (χ0n) is 12.1. The van der Waals surface area contributed by atoms with Gasteiger partial charge in [0.25, 0.3) is 0 Å². The number of para-hydroxylation sites is 2. The van der Waals surface area contributed by atoms with Crippen LogP contribution in [0.15, 0.2) is 24.3 Å². The normalized spacial score (nSPS) is 12.8. The van der Waals surface area contributed by atoms with Gasteiger partial charge in [0.15, 0.2) is 0 Å². The fourth-order valence-corrected chi connectivity index (χ4v) is 2.10. The van der Waals surface area contributed by atoms with Gasteiger partial charge in [-0.1, -0.05) is 26.0 Å². The van der Waals surface area contributed by atoms with Gasteiger partial charge in [-0.2, -0.15) is 0 Å². The van der Waals surface area contributed by atoms with Gasteiger partial charge in [-0.05, 0) is 25.0 Å². The number of imidazole rings is 1. The molecule has 0 radical (unpaired) electrons. The third-order valence-electron chi connectivity index (χ3n) is 3.07. The van der Waals surface area contributed by atoms with Crippen LogP contribution in [0.1, 0.15) is 32.7 Å². The molecule has 0 aliphatic heterocycles. The number of fused-ring (bicyclic) bond motifs is 1. The molecule has 1 aromatic heterocycles. The number of amides is 1. The van der Waals surface area contributed by atoms with E-state index in [9.17, 15) is 9.90 Å². The number of aliphatic hydroxyl groups is 1. The lowest BCUT2D eigenvalue weighted by Crippen LogP contribution is -2.31. The van der Waals surface area contributed by atoms with Gasteiger partial charge in [-0.3, -0.25) is 4.79 Å². The van der Waals surface area contributed by atoms with Crippen LogP contribution in [0.4, 0.5) is 0 Å². The molecular formula is C15H21N3O2. The van der Waals surface area contributed by atoms with Gasteiger partial charge in [-0.15, -0.1) is 0 Å². The van der Waals surface area contributed by atoms with E-state index in [0.29, 0.717) is 18.3 Å². The predicted octanol–water partition coefficient (Wildman–Crippen LogP) is 1.86. The number of nitrogens with zero attached hydrogens (tertiary/aromatic N) is 2. The second kappa shape index (κ2) is 6.05. The van der Waals surface area contributed by atoms with Crippen molar-refractivity contribution in [1.82, 2.24) is 14.9 Å². The van der Waals surface area contributed by atoms with Crippen molar-refractivity contribution in [1.29, 1.82) is 0 Å². The monoisotopic (exact) mass is 275 g/mol. The van der Waals surface area contributed by atoms with Gasteiger partial charge >= 0.3 is 0 Å². The number of carbonyl (C=O) groups excluding carboxylic acids is 1. The molecule has 5 heteroatoms. The van der Waals surface area contributed by atoms with Gasteiger partial charge in [0.1, 0.15) is 18.5 Å². The Bertz CT molecular complexity index is 602. The lowest BCUT2D eigenvalue weighted by atomic mass is 10.2. The Balaban J connectivity index is 2.27. The van der Waals surface area contributed by atoms with Crippen molar-refractivity contribution >= 4 is 16.9 Å². The highest BCUT2D eigenvalue weighted by Gasteiger charge is 2.16. The SMILES string of the molecule is CC(C)CNC(=O)Cn1c(C(C)O)nc2ccccc21. The maximum Gasteiger partial charge on any atom is 0.240 e. The van der Waals surface area contributed by atoms with Crippen molar-refractivity contribution < 1.29 is 9.90 Å². The molecule has 0 aliphatic carbocycles. The fraction of sp³-hybridized carbons (Fsp3) is 0.467. The number of nitrogens with one attached hydrogen (secondary N) is 1. The van der Waals surface area contributed by atoms with Crippen molar-refractivity contribution in [3.63, 3.8) is 0 Å². The maximum atomic E-state index is 12.0. The molecule has 0 spiro atoms. The molecule has 2 N–H and O–H groups in total. The molecule has 0 bridgehead atoms. The van der Waals surface area contributed by atoms with Crippen LogP contribution in [-0.2, 0) is 11.3 Å². The molecule has 0 fully saturated rings. The number of hydrogen-bond acceptors (Lipinski definition) is 3. The Labute approximate surface area is 118 Å². The standard InChI is InChI=1S/C15H21N3O2/c1-10(2)8-16-14(20)9-18-13-7-5-4-6-12(13)17-15(18)11(3)19/h4-7,10-11,19H,8-9H2,1-3H3,(H,16,20). The Morgan fingerprint density at radius 1 is 1.35 bits per heavy atom. The molecule has 0 saturated heterocycles. The Morgan fingerprint density at radius 2 is 2.05 bits per heavy atom. The van der Waals surface area contributed by atoms with Gasteiger partial charge in [0.05, 0.1) is 11.0 Å². The second-order valence-electron chi connectivity index (χ2n) is 5.42. The molecule has 1 amide bonds. The summed E-state index contributed by atoms with van der Waals surface area (Å²) in [6.45, 7) is 6.58. The summed E-state index contributed by atoms with van der Waals surface area (Å²) in [5, 5.41) is 12.7. The summed E-state index contributed by atoms with van der Waals surface area (Å²) in [4.78, 5) is 16.4. The first-order valence-electron chi connectivity index (χ1n) is 6.89. The number of aromatic nitrogens is 2. The molecule has 20 heavy (non-hydrogen) atoms. The summed E-state index contributed by atoms with van der Waals surface area (Å²) < 4.78 is 1.77. The average Bonchev–Trinajstić information content (AvgIpc) is 2.76. The second-order valence-corrected chi connectivity index (χ2v) is 5.42. The first kappa shape index (κ1) is 14.5. The van der Waals surface area contributed by atoms with Gasteiger partial charge < -0.3 is 15.0 Å². The minimum Gasteiger partial charge on any atom is -0.385 e. The fourth-order valence-electron chi connectivity index (χ4n) is 2.10. The molecule has 108 valence electrons. The van der Waals surface area contributed by atoms with Crippen molar-refractivity contribution in [2.75, 3.05) is 6.54 Å². The zero-order chi connectivity index (χ0) is 14.7. The predicted molar refractivity (Wildman–Crippen MR) is 78.2 cm³/mol. The third-order valence-corrected chi connectivity index (χ3v) is 3.07. The summed E-state index contributed by atoms with van der Waals surface area (Å²) >= 11 is 0. The third kappa shape index (κ3) is 3.17. The maximum absolute atomic E-state index is 12.0. The van der Waals surface area contributed by atoms with E-state index in [1.807, 2.05) is 38.1 Å². The van der Waals surface area contributed by atoms with Crippen LogP contribution in [0.3, 0.4) is 0 Å². The number of aliphatic hydroxyl groups excluding tert-OH is 1. The molecule has 1 heterocycles. The average molecular weight is 275 g/mol. The summed E-state index contributed by atoms with van der Waals surface area (Å²) in [6.07, 6.45) is -0.708. The topological polar surface area (TPSA) is 67.2 Å². The highest BCUT2D eigenvalue weighted by molar-refractivity contribution is 5.81. The molecule has 5 nitrogen and oxygen atoms in total. The Morgan fingerprint density at radius 3 is 2.70 bits per heavy atom. The lowest BCUT2D eigenvalue weighted by Gasteiger charge is -2.12. The summed E-state index contributed by atoms with van der Waals surface area (Å²) in [5.41, 5.74) is 1.66. The highest BCUT2D eigenvalue weighted by Crippen LogP contribution is 2.20. The number of rotatable bonds is 5. The van der Waals surface area contributed by atoms with Crippen LogP contribution in [0.2, 0.25) is 0 Å². The van der Waals surface area contributed by atoms with E-state index in [0.717, 1.165) is 11.0 Å². The van der Waals surface area contributed by atoms with Crippen LogP contribution in [0.5, 0.6) is 0 Å². The molecule has 0 aliphatic rings. The molecule has 1 unspecified atom stereocenters. The number of benzene rings is 1. The van der Waals surface area contributed by atoms with E-state index in [1.165, 1.54) is 0 Å². The smallest absolute Gasteiger partial charge is 0.240 e. The summed E-state index contributed by atoms with van der Waals surface area (Å²) in [5.74, 6) is 0.865. The number of carbonyl (C=O) groups is 1. The van der Waals surface area contributed by atoms with E-state index in [-0.39, 0.29) is 12.5 Å². The van der Waals surface area contributed by atoms with Crippen molar-refractivity contribution in [3.8, 4) is 0 Å². The molecule has 2 aromatic rings. The highest BCUT2D eigenvalue weighted by atomic mass is 16.3. The minimum atomic E-state index is -0.708. The molecular weight excluding hydrogens is 254 g/mol. The van der Waals surface area contributed by atoms with Crippen LogP contribution in [-0.4, -0.2) is 27.1 Å². The van der Waals surface area contributed by atoms with Crippen LogP contribution >= 0.6 is 0 Å². The van der Waals surface area contributed by atoms with Crippen molar-refractivity contribution in [2.45, 2.75) is 33.4 Å². The van der Waals surface area contributed by atoms with E-state index in [1.54, 1.807) is 11.5 Å². The van der Waals surface area contributed by atoms with Crippen LogP contribution in [0.25, 0.3) is 11.0 Å². The largest absolute Gasteiger partial charge is 0.385 e. The van der Waals surface area contributed by atoms with Crippen molar-refractivity contribution in [3.05, 3.63) is 30.1 Å². The minimum absolute atomic E-state index is 0.0660. The van der Waals surface area contributed by atoms with Gasteiger partial charge in [0.2, 0.25) is 5.91 Å². The Hall–Kier alpha value is -1.88. The van der Waals surface area contributed by atoms with Crippen LogP contribution in [0, 0.1) is 5.92 Å². The molecule has 0 saturated carbocycles. The molecule has 1 aromatic carbocycles. The summed E-state index contributed by atoms with van der Waals surface area (Å²) in [6, 6.07) is 7.58. The van der Waals surface area contributed by atoms with E-state index in [2.05, 4.69) is 10.3 Å². The van der Waals surface area contributed by atoms with Crippen molar-refractivity contribution in [2.24, 2.45) is 5.92 Å². The molecule has 1 atom stereocenters. The van der Waals surface area contributed by atoms with E-state index >= 15 is 0 Å². The quantitative estimate of drug-likeness (QED) is 0.875. The van der Waals surface area contributed by atoms with Crippen LogP contribution < -0.4 is 5.32 Å². The first-order chi connectivity index (χ1) is 9.49. The summed E-state index contributed by atoms with van der Waals surface area (Å²) in [7, 11) is 0. The molecule has 2 rings (SSSR count). The van der Waals surface area contributed by atoms with E-state index < -0.39 is 6.10 Å².